The second kappa shape index (κ2) is 5.87. The van der Waals surface area contributed by atoms with E-state index in [-0.39, 0.29) is 11.6 Å². The molecular weight excluding hydrogens is 378 g/mol. The molecule has 0 saturated heterocycles. The summed E-state index contributed by atoms with van der Waals surface area (Å²) in [6, 6.07) is 16.2. The van der Waals surface area contributed by atoms with E-state index in [1.54, 1.807) is 20.8 Å². The van der Waals surface area contributed by atoms with Crippen molar-refractivity contribution < 1.29 is 8.42 Å². The second-order valence-electron chi connectivity index (χ2n) is 7.61. The van der Waals surface area contributed by atoms with Crippen LogP contribution in [0, 0.1) is 0 Å². The number of fused-ring (bicyclic) bond motifs is 1. The van der Waals surface area contributed by atoms with Crippen LogP contribution in [0.15, 0.2) is 53.5 Å². The van der Waals surface area contributed by atoms with E-state index in [9.17, 15) is 8.42 Å². The third kappa shape index (κ3) is 2.85. The smallest absolute Gasteiger partial charge is 0.165 e. The number of nitrogens with two attached hydrogens (primary N) is 1. The third-order valence-corrected chi connectivity index (χ3v) is 9.17. The molecule has 27 heavy (non-hydrogen) atoms. The van der Waals surface area contributed by atoms with E-state index in [0.717, 1.165) is 21.3 Å². The minimum Gasteiger partial charge on any atom is -0.386 e. The lowest BCUT2D eigenvalue weighted by atomic mass is 10.0. The maximum Gasteiger partial charge on any atom is 0.165 e. The number of aliphatic imine (C=N–C) groups is 1. The molecule has 2 aromatic carbocycles. The Labute approximate surface area is 162 Å². The van der Waals surface area contributed by atoms with Gasteiger partial charge in [-0.05, 0) is 44.0 Å². The molecule has 7 heteroatoms. The summed E-state index contributed by atoms with van der Waals surface area (Å²) in [5.74, 6) is 0.0412. The summed E-state index contributed by atoms with van der Waals surface area (Å²) >= 11 is 1.48. The Morgan fingerprint density at radius 1 is 1.04 bits per heavy atom. The van der Waals surface area contributed by atoms with Crippen LogP contribution in [0.25, 0.3) is 21.3 Å². The molecule has 140 valence electrons. The van der Waals surface area contributed by atoms with Crippen LogP contribution in [0.3, 0.4) is 0 Å². The van der Waals surface area contributed by atoms with Crippen molar-refractivity contribution in [1.29, 1.82) is 0 Å². The minimum absolute atomic E-state index is 0.0982. The monoisotopic (exact) mass is 399 g/mol. The van der Waals surface area contributed by atoms with Crippen molar-refractivity contribution in [1.82, 2.24) is 4.98 Å². The predicted molar refractivity (Wildman–Crippen MR) is 112 cm³/mol. The molecular formula is C20H21N3O2S2. The van der Waals surface area contributed by atoms with Crippen molar-refractivity contribution in [2.75, 3.05) is 5.75 Å². The average molecular weight is 400 g/mol. The molecule has 0 saturated carbocycles. The fourth-order valence-corrected chi connectivity index (χ4v) is 6.07. The topological polar surface area (TPSA) is 85.4 Å². The van der Waals surface area contributed by atoms with Crippen molar-refractivity contribution in [3.8, 4) is 11.1 Å². The fourth-order valence-electron chi connectivity index (χ4n) is 3.22. The lowest BCUT2D eigenvalue weighted by Crippen LogP contribution is -2.54. The molecule has 1 aliphatic rings. The predicted octanol–water partition coefficient (Wildman–Crippen LogP) is 3.74. The largest absolute Gasteiger partial charge is 0.386 e. The quantitative estimate of drug-likeness (QED) is 0.711. The van der Waals surface area contributed by atoms with Crippen LogP contribution in [0.5, 0.6) is 0 Å². The summed E-state index contributed by atoms with van der Waals surface area (Å²) < 4.78 is 25.4. The molecule has 0 aliphatic carbocycles. The number of rotatable bonds is 2. The van der Waals surface area contributed by atoms with Gasteiger partial charge in [-0.3, -0.25) is 4.99 Å². The number of hydrogen-bond acceptors (Lipinski definition) is 6. The first-order valence-corrected chi connectivity index (χ1v) is 11.1. The first kappa shape index (κ1) is 18.1. The zero-order valence-electron chi connectivity index (χ0n) is 15.4. The normalized spacial score (nSPS) is 23.9. The zero-order valence-corrected chi connectivity index (χ0v) is 17.1. The number of benzene rings is 2. The Morgan fingerprint density at radius 2 is 1.74 bits per heavy atom. The highest BCUT2D eigenvalue weighted by atomic mass is 32.2. The minimum atomic E-state index is -3.44. The van der Waals surface area contributed by atoms with E-state index < -0.39 is 20.1 Å². The number of nitrogens with zero attached hydrogens (tertiary/aromatic N) is 2. The van der Waals surface area contributed by atoms with Crippen molar-refractivity contribution >= 4 is 37.2 Å². The molecule has 0 fully saturated rings. The number of aromatic nitrogens is 1. The molecule has 0 spiro atoms. The molecule has 0 radical (unpaired) electrons. The Hall–Kier alpha value is -2.25. The van der Waals surface area contributed by atoms with Crippen molar-refractivity contribution in [2.45, 2.75) is 31.1 Å². The zero-order chi connectivity index (χ0) is 19.4. The van der Waals surface area contributed by atoms with E-state index >= 15 is 0 Å². The van der Waals surface area contributed by atoms with Crippen molar-refractivity contribution in [3.63, 3.8) is 0 Å². The van der Waals surface area contributed by atoms with Gasteiger partial charge < -0.3 is 5.73 Å². The van der Waals surface area contributed by atoms with Gasteiger partial charge in [0.05, 0.1) is 16.0 Å². The van der Waals surface area contributed by atoms with E-state index in [1.165, 1.54) is 11.3 Å². The third-order valence-electron chi connectivity index (χ3n) is 5.19. The van der Waals surface area contributed by atoms with Crippen LogP contribution >= 0.6 is 11.3 Å². The van der Waals surface area contributed by atoms with Gasteiger partial charge in [-0.1, -0.05) is 36.4 Å². The molecule has 3 aromatic rings. The molecule has 4 rings (SSSR count). The van der Waals surface area contributed by atoms with Gasteiger partial charge in [0.25, 0.3) is 0 Å². The number of amidine groups is 1. The van der Waals surface area contributed by atoms with Gasteiger partial charge in [0, 0.05) is 0 Å². The maximum absolute atomic E-state index is 12.8. The van der Waals surface area contributed by atoms with E-state index in [2.05, 4.69) is 28.2 Å². The first-order chi connectivity index (χ1) is 12.6. The number of sulfone groups is 1. The van der Waals surface area contributed by atoms with Crippen molar-refractivity contribution in [3.05, 3.63) is 53.5 Å². The van der Waals surface area contributed by atoms with Gasteiger partial charge in [0.1, 0.15) is 21.1 Å². The molecule has 1 atom stereocenters. The summed E-state index contributed by atoms with van der Waals surface area (Å²) in [5.41, 5.74) is 8.15. The summed E-state index contributed by atoms with van der Waals surface area (Å²) in [5, 5.41) is 0.671. The van der Waals surface area contributed by atoms with Crippen LogP contribution in [0.4, 0.5) is 0 Å². The SMILES string of the molecule is CC1(c2nc3ccc(-c4ccccc4)cc3s2)CS(=O)(=O)C(C)(C)C(N)=N1. The molecule has 1 unspecified atom stereocenters. The molecule has 1 aromatic heterocycles. The highest BCUT2D eigenvalue weighted by Crippen LogP contribution is 2.40. The molecule has 2 N–H and O–H groups in total. The summed E-state index contributed by atoms with van der Waals surface area (Å²) in [4.78, 5) is 9.25. The first-order valence-electron chi connectivity index (χ1n) is 8.67. The molecule has 0 bridgehead atoms. The van der Waals surface area contributed by atoms with E-state index in [1.807, 2.05) is 30.3 Å². The summed E-state index contributed by atoms with van der Waals surface area (Å²) in [6.07, 6.45) is 0. The Kier molecular flexibility index (Phi) is 3.94. The molecule has 1 aliphatic heterocycles. The fraction of sp³-hybridized carbons (Fsp3) is 0.300. The van der Waals surface area contributed by atoms with Crippen LogP contribution in [0.2, 0.25) is 0 Å². The lowest BCUT2D eigenvalue weighted by molar-refractivity contribution is 0.500. The highest BCUT2D eigenvalue weighted by Gasteiger charge is 2.49. The lowest BCUT2D eigenvalue weighted by Gasteiger charge is -2.36. The van der Waals surface area contributed by atoms with Crippen LogP contribution in [-0.4, -0.2) is 29.7 Å². The number of thiazole rings is 1. The second-order valence-corrected chi connectivity index (χ2v) is 11.2. The van der Waals surface area contributed by atoms with Gasteiger partial charge >= 0.3 is 0 Å². The standard InChI is InChI=1S/C20H21N3O2S2/c1-19(2)17(21)23-20(3,12-27(19,24)25)18-22-15-10-9-14(11-16(15)26-18)13-7-5-4-6-8-13/h4-11H,12H2,1-3H3,(H2,21,23). The van der Waals surface area contributed by atoms with Crippen molar-refractivity contribution in [2.24, 2.45) is 10.7 Å². The van der Waals surface area contributed by atoms with Crippen LogP contribution in [0.1, 0.15) is 25.8 Å². The summed E-state index contributed by atoms with van der Waals surface area (Å²) in [6.45, 7) is 5.00. The Morgan fingerprint density at radius 3 is 2.41 bits per heavy atom. The van der Waals surface area contributed by atoms with Gasteiger partial charge in [-0.2, -0.15) is 0 Å². The van der Waals surface area contributed by atoms with Crippen LogP contribution < -0.4 is 5.73 Å². The van der Waals surface area contributed by atoms with Gasteiger partial charge in [-0.15, -0.1) is 11.3 Å². The molecule has 2 heterocycles. The Bertz CT molecular complexity index is 1160. The van der Waals surface area contributed by atoms with Crippen LogP contribution in [-0.2, 0) is 15.4 Å². The van der Waals surface area contributed by atoms with Gasteiger partial charge in [0.2, 0.25) is 0 Å². The highest BCUT2D eigenvalue weighted by molar-refractivity contribution is 7.93. The maximum atomic E-state index is 12.8. The van der Waals surface area contributed by atoms with Gasteiger partial charge in [-0.25, -0.2) is 13.4 Å². The molecule has 5 nitrogen and oxygen atoms in total. The summed E-state index contributed by atoms with van der Waals surface area (Å²) in [7, 11) is -3.44. The average Bonchev–Trinajstić information content (AvgIpc) is 3.05. The van der Waals surface area contributed by atoms with Gasteiger partial charge in [0.15, 0.2) is 9.84 Å². The van der Waals surface area contributed by atoms with E-state index in [0.29, 0.717) is 5.01 Å². The molecule has 0 amide bonds. The number of hydrogen-bond donors (Lipinski definition) is 1. The van der Waals surface area contributed by atoms with E-state index in [4.69, 9.17) is 5.73 Å². The Balaban J connectivity index is 1.82.